The van der Waals surface area contributed by atoms with Crippen molar-refractivity contribution in [2.24, 2.45) is 0 Å². The van der Waals surface area contributed by atoms with Gasteiger partial charge in [0.25, 0.3) is 0 Å². The number of hydrogen-bond donors (Lipinski definition) is 0. The Labute approximate surface area is 220 Å². The lowest BCUT2D eigenvalue weighted by atomic mass is 10.1. The molecule has 3 aromatic rings. The van der Waals surface area contributed by atoms with Crippen molar-refractivity contribution < 1.29 is 14.2 Å². The summed E-state index contributed by atoms with van der Waals surface area (Å²) in [6.45, 7) is 5.17. The molecule has 0 bridgehead atoms. The first kappa shape index (κ1) is 24.9. The Balaban J connectivity index is 1.21. The van der Waals surface area contributed by atoms with Crippen molar-refractivity contribution in [3.8, 4) is 11.8 Å². The van der Waals surface area contributed by atoms with Gasteiger partial charge in [-0.25, -0.2) is 4.98 Å². The van der Waals surface area contributed by atoms with E-state index in [-0.39, 0.29) is 6.10 Å². The average Bonchev–Trinajstić information content (AvgIpc) is 3.54. The molecule has 0 amide bonds. The molecule has 2 aromatic carbocycles. The van der Waals surface area contributed by atoms with Gasteiger partial charge in [0, 0.05) is 54.8 Å². The molecule has 1 aromatic heterocycles. The molecule has 36 heavy (non-hydrogen) atoms. The first-order valence-electron chi connectivity index (χ1n) is 11.8. The van der Waals surface area contributed by atoms with E-state index >= 15 is 0 Å². The lowest BCUT2D eigenvalue weighted by Gasteiger charge is -2.35. The fraction of sp³-hybridized carbons (Fsp3) is 0.385. The van der Waals surface area contributed by atoms with Crippen LogP contribution >= 0.6 is 23.2 Å². The summed E-state index contributed by atoms with van der Waals surface area (Å²) in [4.78, 5) is 8.62. The smallest absolute Gasteiger partial charge is 0.215 e. The van der Waals surface area contributed by atoms with Gasteiger partial charge in [-0.2, -0.15) is 5.26 Å². The molecule has 10 heteroatoms. The Bertz CT molecular complexity index is 1190. The molecule has 5 rings (SSSR count). The average molecular weight is 528 g/mol. The Morgan fingerprint density at radius 3 is 2.61 bits per heavy atom. The fourth-order valence-corrected chi connectivity index (χ4v) is 5.13. The van der Waals surface area contributed by atoms with Gasteiger partial charge in [-0.05, 0) is 36.4 Å². The summed E-state index contributed by atoms with van der Waals surface area (Å²) < 4.78 is 20.6. The predicted molar refractivity (Wildman–Crippen MR) is 137 cm³/mol. The Morgan fingerprint density at radius 1 is 1.11 bits per heavy atom. The summed E-state index contributed by atoms with van der Waals surface area (Å²) in [5, 5.41) is 9.90. The van der Waals surface area contributed by atoms with Crippen LogP contribution in [0, 0.1) is 11.3 Å². The van der Waals surface area contributed by atoms with Crippen molar-refractivity contribution in [2.45, 2.75) is 18.4 Å². The third-order valence-electron chi connectivity index (χ3n) is 6.46. The molecular weight excluding hydrogens is 501 g/mol. The largest absolute Gasteiger partial charge is 0.491 e. The van der Waals surface area contributed by atoms with Gasteiger partial charge < -0.3 is 23.7 Å². The van der Waals surface area contributed by atoms with E-state index in [1.54, 1.807) is 24.7 Å². The van der Waals surface area contributed by atoms with Gasteiger partial charge in [0.1, 0.15) is 18.5 Å². The van der Waals surface area contributed by atoms with Crippen LogP contribution < -0.4 is 9.64 Å². The summed E-state index contributed by atoms with van der Waals surface area (Å²) in [6.07, 6.45) is 5.00. The number of anilines is 1. The fourth-order valence-electron chi connectivity index (χ4n) is 4.58. The topological polar surface area (TPSA) is 75.8 Å². The third-order valence-corrected chi connectivity index (χ3v) is 7.00. The zero-order valence-corrected chi connectivity index (χ0v) is 21.2. The van der Waals surface area contributed by atoms with Crippen molar-refractivity contribution in [1.29, 1.82) is 5.26 Å². The predicted octanol–water partition coefficient (Wildman–Crippen LogP) is 4.18. The zero-order chi connectivity index (χ0) is 25.0. The number of piperazine rings is 1. The highest BCUT2D eigenvalue weighted by molar-refractivity contribution is 6.35. The highest BCUT2D eigenvalue weighted by Crippen LogP contribution is 2.40. The quantitative estimate of drug-likeness (QED) is 0.406. The van der Waals surface area contributed by atoms with E-state index in [1.807, 2.05) is 29.0 Å². The van der Waals surface area contributed by atoms with Crippen LogP contribution in [-0.4, -0.2) is 66.5 Å². The Kier molecular flexibility index (Phi) is 7.65. The molecule has 0 N–H and O–H groups in total. The number of nitriles is 1. The van der Waals surface area contributed by atoms with Gasteiger partial charge in [0.2, 0.25) is 5.79 Å². The third kappa shape index (κ3) is 5.61. The molecule has 0 saturated carbocycles. The lowest BCUT2D eigenvalue weighted by molar-refractivity contribution is -0.189. The minimum Gasteiger partial charge on any atom is -0.491 e. The minimum absolute atomic E-state index is 0.284. The van der Waals surface area contributed by atoms with E-state index in [1.165, 1.54) is 0 Å². The second-order valence-corrected chi connectivity index (χ2v) is 9.73. The number of aromatic nitrogens is 2. The number of ether oxygens (including phenoxy) is 3. The molecule has 8 nitrogen and oxygen atoms in total. The molecule has 2 fully saturated rings. The van der Waals surface area contributed by atoms with Gasteiger partial charge in [-0.3, -0.25) is 4.90 Å². The van der Waals surface area contributed by atoms with E-state index in [9.17, 15) is 0 Å². The zero-order valence-electron chi connectivity index (χ0n) is 19.7. The van der Waals surface area contributed by atoms with E-state index in [4.69, 9.17) is 42.7 Å². The van der Waals surface area contributed by atoms with Crippen LogP contribution in [0.4, 0.5) is 5.69 Å². The summed E-state index contributed by atoms with van der Waals surface area (Å²) in [6, 6.07) is 15.6. The normalized spacial score (nSPS) is 22.5. The molecule has 3 heterocycles. The van der Waals surface area contributed by atoms with E-state index in [0.29, 0.717) is 41.9 Å². The van der Waals surface area contributed by atoms with Crippen molar-refractivity contribution >= 4 is 28.9 Å². The maximum Gasteiger partial charge on any atom is 0.215 e. The number of rotatable bonds is 8. The molecule has 0 aliphatic carbocycles. The van der Waals surface area contributed by atoms with Crippen molar-refractivity contribution in [3.05, 3.63) is 76.8 Å². The number of hydrogen-bond acceptors (Lipinski definition) is 7. The monoisotopic (exact) mass is 527 g/mol. The number of benzene rings is 2. The molecule has 0 radical (unpaired) electrons. The van der Waals surface area contributed by atoms with Crippen molar-refractivity contribution in [2.75, 3.05) is 50.8 Å². The molecule has 2 atom stereocenters. The Hall–Kier alpha value is -2.80. The van der Waals surface area contributed by atoms with Gasteiger partial charge in [0.15, 0.2) is 0 Å². The molecule has 2 aliphatic heterocycles. The maximum absolute atomic E-state index is 8.88. The maximum atomic E-state index is 8.88. The van der Waals surface area contributed by atoms with E-state index in [2.05, 4.69) is 33.0 Å². The summed E-state index contributed by atoms with van der Waals surface area (Å²) in [5.74, 6) is -0.310. The molecule has 2 saturated heterocycles. The van der Waals surface area contributed by atoms with Crippen LogP contribution in [-0.2, 0) is 21.8 Å². The SMILES string of the molecule is N#CCN1CCN(c2ccc(OCC3COC(Cn4ccnc4)(c4ccc(Cl)cc4Cl)O3)cc2)CC1. The van der Waals surface area contributed by atoms with E-state index in [0.717, 1.165) is 37.6 Å². The number of nitrogens with zero attached hydrogens (tertiary/aromatic N) is 5. The van der Waals surface area contributed by atoms with E-state index < -0.39 is 5.79 Å². The van der Waals surface area contributed by atoms with Crippen molar-refractivity contribution in [1.82, 2.24) is 14.5 Å². The molecule has 188 valence electrons. The number of imidazole rings is 1. The van der Waals surface area contributed by atoms with Gasteiger partial charge in [-0.1, -0.05) is 29.3 Å². The summed E-state index contributed by atoms with van der Waals surface area (Å²) >= 11 is 12.7. The minimum atomic E-state index is -1.08. The molecular formula is C26H27Cl2N5O3. The van der Waals surface area contributed by atoms with Crippen LogP contribution in [0.2, 0.25) is 10.0 Å². The van der Waals surface area contributed by atoms with Gasteiger partial charge >= 0.3 is 0 Å². The Morgan fingerprint density at radius 2 is 1.92 bits per heavy atom. The number of halogens is 2. The van der Waals surface area contributed by atoms with Crippen molar-refractivity contribution in [3.63, 3.8) is 0 Å². The summed E-state index contributed by atoms with van der Waals surface area (Å²) in [7, 11) is 0. The van der Waals surface area contributed by atoms with Gasteiger partial charge in [-0.15, -0.1) is 0 Å². The second kappa shape index (κ2) is 11.1. The lowest BCUT2D eigenvalue weighted by Crippen LogP contribution is -2.46. The standard InChI is InChI=1S/C26H27Cl2N5O3/c27-20-1-6-24(25(28)15-20)26(18-32-10-8-30-19-32)35-17-23(36-26)16-34-22-4-2-21(3-5-22)33-13-11-31(9-7-29)12-14-33/h1-6,8,10,15,19,23H,9,11-14,16-18H2. The van der Waals surface area contributed by atoms with Crippen LogP contribution in [0.5, 0.6) is 5.75 Å². The molecule has 2 unspecified atom stereocenters. The first-order valence-corrected chi connectivity index (χ1v) is 12.6. The van der Waals surface area contributed by atoms with Crippen LogP contribution in [0.3, 0.4) is 0 Å². The summed E-state index contributed by atoms with van der Waals surface area (Å²) in [5.41, 5.74) is 1.86. The van der Waals surface area contributed by atoms with Crippen LogP contribution in [0.25, 0.3) is 0 Å². The van der Waals surface area contributed by atoms with Crippen LogP contribution in [0.1, 0.15) is 5.56 Å². The first-order chi connectivity index (χ1) is 17.5. The second-order valence-electron chi connectivity index (χ2n) is 8.89. The van der Waals surface area contributed by atoms with Crippen LogP contribution in [0.15, 0.2) is 61.2 Å². The highest BCUT2D eigenvalue weighted by atomic mass is 35.5. The highest BCUT2D eigenvalue weighted by Gasteiger charge is 2.45. The molecule has 2 aliphatic rings. The molecule has 0 spiro atoms. The van der Waals surface area contributed by atoms with Gasteiger partial charge in [0.05, 0.1) is 37.1 Å².